The van der Waals surface area contributed by atoms with Crippen molar-refractivity contribution in [1.29, 1.82) is 0 Å². The molecule has 0 N–H and O–H groups in total. The van der Waals surface area contributed by atoms with E-state index in [0.717, 1.165) is 18.1 Å². The van der Waals surface area contributed by atoms with Crippen LogP contribution < -0.4 is 0 Å². The summed E-state index contributed by atoms with van der Waals surface area (Å²) in [4.78, 5) is 0. The van der Waals surface area contributed by atoms with Gasteiger partial charge in [0.15, 0.2) is 0 Å². The fourth-order valence-corrected chi connectivity index (χ4v) is 2.09. The molecule has 2 rings (SSSR count). The summed E-state index contributed by atoms with van der Waals surface area (Å²) in [5.74, 6) is 0. The highest BCUT2D eigenvalue weighted by Crippen LogP contribution is 2.28. The van der Waals surface area contributed by atoms with Gasteiger partial charge < -0.3 is 4.74 Å². The number of hydrogen-bond donors (Lipinski definition) is 0. The van der Waals surface area contributed by atoms with Crippen molar-refractivity contribution in [2.75, 3.05) is 6.61 Å². The molecule has 76 valence electrons. The molecule has 0 spiro atoms. The van der Waals surface area contributed by atoms with Crippen molar-refractivity contribution in [1.82, 2.24) is 0 Å². The van der Waals surface area contributed by atoms with Crippen LogP contribution in [0, 0.1) is 0 Å². The molecule has 1 fully saturated rings. The first-order chi connectivity index (χ1) is 6.86. The second-order valence-electron chi connectivity index (χ2n) is 3.76. The van der Waals surface area contributed by atoms with Crippen molar-refractivity contribution in [3.63, 3.8) is 0 Å². The molecule has 1 atom stereocenters. The van der Waals surface area contributed by atoms with E-state index in [-0.39, 0.29) is 6.10 Å². The predicted molar refractivity (Wildman–Crippen MR) is 58.6 cm³/mol. The summed E-state index contributed by atoms with van der Waals surface area (Å²) < 4.78 is 5.79. The Bertz CT molecular complexity index is 290. The van der Waals surface area contributed by atoms with Gasteiger partial charge in [-0.05, 0) is 30.5 Å². The maximum atomic E-state index is 5.95. The third-order valence-corrected chi connectivity index (χ3v) is 2.89. The summed E-state index contributed by atoms with van der Waals surface area (Å²) in [5.41, 5.74) is 1.22. The second-order valence-corrected chi connectivity index (χ2v) is 4.20. The summed E-state index contributed by atoms with van der Waals surface area (Å²) in [6, 6.07) is 8.01. The number of hydrogen-bond acceptors (Lipinski definition) is 1. The summed E-state index contributed by atoms with van der Waals surface area (Å²) in [7, 11) is 0. The third kappa shape index (κ3) is 2.49. The Morgan fingerprint density at radius 3 is 3.00 bits per heavy atom. The summed E-state index contributed by atoms with van der Waals surface area (Å²) in [6.45, 7) is 0.886. The van der Waals surface area contributed by atoms with Crippen LogP contribution in [0.3, 0.4) is 0 Å². The molecule has 0 bridgehead atoms. The number of ether oxygens (including phenoxy) is 1. The largest absolute Gasteiger partial charge is 0.374 e. The minimum atomic E-state index is 0.260. The van der Waals surface area contributed by atoms with Crippen LogP contribution >= 0.6 is 11.6 Å². The number of rotatable bonds is 1. The molecular formula is C12H15ClO. The van der Waals surface area contributed by atoms with Crippen molar-refractivity contribution in [2.45, 2.75) is 31.8 Å². The van der Waals surface area contributed by atoms with Gasteiger partial charge in [0.05, 0.1) is 6.10 Å². The monoisotopic (exact) mass is 210 g/mol. The van der Waals surface area contributed by atoms with Gasteiger partial charge in [0.25, 0.3) is 0 Å². The lowest BCUT2D eigenvalue weighted by Crippen LogP contribution is -2.02. The van der Waals surface area contributed by atoms with Gasteiger partial charge in [-0.3, -0.25) is 0 Å². The fourth-order valence-electron chi connectivity index (χ4n) is 1.89. The van der Waals surface area contributed by atoms with Crippen molar-refractivity contribution in [3.05, 3.63) is 34.9 Å². The first-order valence-corrected chi connectivity index (χ1v) is 5.61. The standard InChI is InChI=1S/C12H15ClO/c13-11-6-4-5-10(9-11)12-7-2-1-3-8-14-12/h4-6,9,12H,1-3,7-8H2. The summed E-state index contributed by atoms with van der Waals surface area (Å²) >= 11 is 5.95. The number of benzene rings is 1. The highest BCUT2D eigenvalue weighted by molar-refractivity contribution is 6.30. The van der Waals surface area contributed by atoms with Gasteiger partial charge in [-0.1, -0.05) is 36.6 Å². The van der Waals surface area contributed by atoms with Crippen LogP contribution in [0.2, 0.25) is 5.02 Å². The van der Waals surface area contributed by atoms with Gasteiger partial charge in [0.1, 0.15) is 0 Å². The van der Waals surface area contributed by atoms with Crippen molar-refractivity contribution >= 4 is 11.6 Å². The van der Waals surface area contributed by atoms with E-state index in [1.165, 1.54) is 24.8 Å². The molecule has 1 aromatic carbocycles. The normalized spacial score (nSPS) is 23.1. The van der Waals surface area contributed by atoms with Gasteiger partial charge in [-0.25, -0.2) is 0 Å². The molecule has 0 aliphatic carbocycles. The zero-order valence-corrected chi connectivity index (χ0v) is 8.96. The fraction of sp³-hybridized carbons (Fsp3) is 0.500. The molecule has 14 heavy (non-hydrogen) atoms. The van der Waals surface area contributed by atoms with Crippen LogP contribution in [0.5, 0.6) is 0 Å². The van der Waals surface area contributed by atoms with Crippen LogP contribution in [-0.2, 0) is 4.74 Å². The molecule has 1 aliphatic heterocycles. The number of halogens is 1. The zero-order chi connectivity index (χ0) is 9.80. The van der Waals surface area contributed by atoms with Crippen LogP contribution in [0.4, 0.5) is 0 Å². The molecule has 0 aromatic heterocycles. The van der Waals surface area contributed by atoms with E-state index < -0.39 is 0 Å². The minimum Gasteiger partial charge on any atom is -0.374 e. The van der Waals surface area contributed by atoms with Crippen molar-refractivity contribution in [3.8, 4) is 0 Å². The van der Waals surface area contributed by atoms with Gasteiger partial charge in [0, 0.05) is 11.6 Å². The highest BCUT2D eigenvalue weighted by atomic mass is 35.5. The molecule has 0 radical (unpaired) electrons. The quantitative estimate of drug-likeness (QED) is 0.682. The smallest absolute Gasteiger partial charge is 0.0825 e. The predicted octanol–water partition coefficient (Wildman–Crippen LogP) is 3.97. The lowest BCUT2D eigenvalue weighted by molar-refractivity contribution is 0.0583. The molecule has 1 heterocycles. The third-order valence-electron chi connectivity index (χ3n) is 2.65. The Hall–Kier alpha value is -0.530. The average molecular weight is 211 g/mol. The van der Waals surface area contributed by atoms with E-state index in [9.17, 15) is 0 Å². The zero-order valence-electron chi connectivity index (χ0n) is 8.21. The Kier molecular flexibility index (Phi) is 3.44. The van der Waals surface area contributed by atoms with Gasteiger partial charge in [-0.2, -0.15) is 0 Å². The van der Waals surface area contributed by atoms with E-state index in [2.05, 4.69) is 6.07 Å². The van der Waals surface area contributed by atoms with Crippen LogP contribution in [-0.4, -0.2) is 6.61 Å². The highest BCUT2D eigenvalue weighted by Gasteiger charge is 2.14. The molecule has 1 aromatic rings. The van der Waals surface area contributed by atoms with Crippen LogP contribution in [0.1, 0.15) is 37.4 Å². The molecule has 1 saturated heterocycles. The van der Waals surface area contributed by atoms with Gasteiger partial charge in [-0.15, -0.1) is 0 Å². The molecular weight excluding hydrogens is 196 g/mol. The summed E-state index contributed by atoms with van der Waals surface area (Å²) in [6.07, 6.45) is 5.13. The lowest BCUT2D eigenvalue weighted by Gasteiger charge is -2.15. The minimum absolute atomic E-state index is 0.260. The van der Waals surface area contributed by atoms with Gasteiger partial charge in [0.2, 0.25) is 0 Å². The summed E-state index contributed by atoms with van der Waals surface area (Å²) in [5, 5.41) is 0.801. The van der Waals surface area contributed by atoms with E-state index in [1.54, 1.807) is 0 Å². The first-order valence-electron chi connectivity index (χ1n) is 5.23. The average Bonchev–Trinajstić information content (AvgIpc) is 2.45. The lowest BCUT2D eigenvalue weighted by atomic mass is 10.0. The topological polar surface area (TPSA) is 9.23 Å². The van der Waals surface area contributed by atoms with Crippen molar-refractivity contribution < 1.29 is 4.74 Å². The van der Waals surface area contributed by atoms with E-state index in [1.807, 2.05) is 18.2 Å². The molecule has 0 saturated carbocycles. The van der Waals surface area contributed by atoms with Gasteiger partial charge >= 0.3 is 0 Å². The Balaban J connectivity index is 2.12. The molecule has 2 heteroatoms. The Labute approximate surface area is 90.0 Å². The van der Waals surface area contributed by atoms with E-state index >= 15 is 0 Å². The van der Waals surface area contributed by atoms with E-state index in [4.69, 9.17) is 16.3 Å². The Morgan fingerprint density at radius 2 is 2.14 bits per heavy atom. The molecule has 0 amide bonds. The van der Waals surface area contributed by atoms with Crippen LogP contribution in [0.25, 0.3) is 0 Å². The molecule has 1 aliphatic rings. The maximum absolute atomic E-state index is 5.95. The SMILES string of the molecule is Clc1cccc(C2CCCCCO2)c1. The first kappa shape index (κ1) is 10.0. The second kappa shape index (κ2) is 4.81. The van der Waals surface area contributed by atoms with E-state index in [0.29, 0.717) is 0 Å². The Morgan fingerprint density at radius 1 is 1.21 bits per heavy atom. The van der Waals surface area contributed by atoms with Crippen molar-refractivity contribution in [2.24, 2.45) is 0 Å². The van der Waals surface area contributed by atoms with Crippen LogP contribution in [0.15, 0.2) is 24.3 Å². The maximum Gasteiger partial charge on any atom is 0.0825 e. The molecule has 1 nitrogen and oxygen atoms in total. The molecule has 1 unspecified atom stereocenters.